The molecule has 0 aliphatic carbocycles. The molecule has 2 N–H and O–H groups in total. The standard InChI is InChI=1S/C17H17Cl2N5O2S/c1-2-26-15(24-6-5-20-10-24)14-9-27-17(22-14)23-16(25)21-8-11-3-4-12(18)13(19)7-11/h3-7,9-10,15H,2,8H2,1H3,(H2,21,22,23,25). The number of halogens is 2. The van der Waals surface area contributed by atoms with Crippen LogP contribution < -0.4 is 10.6 Å². The van der Waals surface area contributed by atoms with Crippen molar-refractivity contribution in [1.82, 2.24) is 19.9 Å². The van der Waals surface area contributed by atoms with Gasteiger partial charge in [-0.25, -0.2) is 14.8 Å². The van der Waals surface area contributed by atoms with Gasteiger partial charge >= 0.3 is 6.03 Å². The first-order chi connectivity index (χ1) is 13.1. The Morgan fingerprint density at radius 2 is 2.22 bits per heavy atom. The van der Waals surface area contributed by atoms with E-state index in [-0.39, 0.29) is 12.3 Å². The molecule has 3 rings (SSSR count). The normalized spacial score (nSPS) is 12.0. The summed E-state index contributed by atoms with van der Waals surface area (Å²) in [4.78, 5) is 20.6. The molecule has 0 radical (unpaired) electrons. The third kappa shape index (κ3) is 5.20. The Balaban J connectivity index is 1.59. The largest absolute Gasteiger partial charge is 0.352 e. The zero-order valence-corrected chi connectivity index (χ0v) is 16.7. The fourth-order valence-electron chi connectivity index (χ4n) is 2.32. The number of hydrogen-bond donors (Lipinski definition) is 2. The van der Waals surface area contributed by atoms with Crippen molar-refractivity contribution in [2.45, 2.75) is 19.7 Å². The molecule has 2 aromatic heterocycles. The van der Waals surface area contributed by atoms with E-state index in [9.17, 15) is 4.79 Å². The fourth-order valence-corrected chi connectivity index (χ4v) is 3.35. The van der Waals surface area contributed by atoms with Gasteiger partial charge in [0.05, 0.1) is 16.4 Å². The molecule has 0 saturated carbocycles. The van der Waals surface area contributed by atoms with Crippen molar-refractivity contribution >= 4 is 45.7 Å². The number of nitrogens with one attached hydrogen (secondary N) is 2. The molecule has 3 aromatic rings. The molecule has 1 unspecified atom stereocenters. The Labute approximate surface area is 170 Å². The maximum atomic E-state index is 12.1. The van der Waals surface area contributed by atoms with Crippen LogP contribution >= 0.6 is 34.5 Å². The third-order valence-corrected chi connectivity index (χ3v) is 5.07. The van der Waals surface area contributed by atoms with Crippen LogP contribution in [0.15, 0.2) is 42.3 Å². The van der Waals surface area contributed by atoms with Gasteiger partial charge in [0.25, 0.3) is 0 Å². The molecule has 0 aliphatic rings. The van der Waals surface area contributed by atoms with Crippen molar-refractivity contribution in [3.05, 3.63) is 63.6 Å². The van der Waals surface area contributed by atoms with Crippen molar-refractivity contribution in [3.8, 4) is 0 Å². The number of anilines is 1. The van der Waals surface area contributed by atoms with Gasteiger partial charge in [-0.3, -0.25) is 5.32 Å². The molecule has 2 amide bonds. The van der Waals surface area contributed by atoms with Crippen LogP contribution in [0.2, 0.25) is 10.0 Å². The Kier molecular flexibility index (Phi) is 6.68. The number of rotatable bonds is 7. The van der Waals surface area contributed by atoms with Crippen LogP contribution in [0.4, 0.5) is 9.93 Å². The number of carbonyl (C=O) groups is 1. The van der Waals surface area contributed by atoms with E-state index in [1.807, 2.05) is 16.9 Å². The fraction of sp³-hybridized carbons (Fsp3) is 0.235. The molecule has 0 bridgehead atoms. The monoisotopic (exact) mass is 425 g/mol. The Morgan fingerprint density at radius 1 is 1.37 bits per heavy atom. The highest BCUT2D eigenvalue weighted by Crippen LogP contribution is 2.25. The second-order valence-electron chi connectivity index (χ2n) is 5.45. The molecule has 7 nitrogen and oxygen atoms in total. The number of urea groups is 1. The number of carbonyl (C=O) groups excluding carboxylic acids is 1. The highest BCUT2D eigenvalue weighted by atomic mass is 35.5. The summed E-state index contributed by atoms with van der Waals surface area (Å²) < 4.78 is 7.54. The molecule has 0 aliphatic heterocycles. The second kappa shape index (κ2) is 9.18. The van der Waals surface area contributed by atoms with Crippen molar-refractivity contribution < 1.29 is 9.53 Å². The van der Waals surface area contributed by atoms with E-state index >= 15 is 0 Å². The maximum absolute atomic E-state index is 12.1. The van der Waals surface area contributed by atoms with E-state index in [0.717, 1.165) is 5.56 Å². The lowest BCUT2D eigenvalue weighted by Crippen LogP contribution is -2.28. The van der Waals surface area contributed by atoms with E-state index in [4.69, 9.17) is 27.9 Å². The minimum absolute atomic E-state index is 0.317. The zero-order chi connectivity index (χ0) is 19.2. The van der Waals surface area contributed by atoms with Gasteiger partial charge in [0.1, 0.15) is 5.69 Å². The van der Waals surface area contributed by atoms with E-state index in [0.29, 0.717) is 34.0 Å². The van der Waals surface area contributed by atoms with Gasteiger partial charge < -0.3 is 14.6 Å². The lowest BCUT2D eigenvalue weighted by atomic mass is 10.2. The highest BCUT2D eigenvalue weighted by Gasteiger charge is 2.17. The predicted molar refractivity (Wildman–Crippen MR) is 106 cm³/mol. The number of imidazole rings is 1. The van der Waals surface area contributed by atoms with E-state index < -0.39 is 0 Å². The molecule has 27 heavy (non-hydrogen) atoms. The van der Waals surface area contributed by atoms with E-state index in [1.165, 1.54) is 11.3 Å². The van der Waals surface area contributed by atoms with Crippen molar-refractivity contribution in [2.75, 3.05) is 11.9 Å². The number of amides is 2. The summed E-state index contributed by atoms with van der Waals surface area (Å²) in [5, 5.41) is 8.71. The Bertz CT molecular complexity index is 901. The van der Waals surface area contributed by atoms with Crippen LogP contribution in [-0.2, 0) is 11.3 Å². The number of nitrogens with zero attached hydrogens (tertiary/aromatic N) is 3. The number of aromatic nitrogens is 3. The van der Waals surface area contributed by atoms with Crippen LogP contribution in [0.3, 0.4) is 0 Å². The SMILES string of the molecule is CCOC(c1csc(NC(=O)NCc2ccc(Cl)c(Cl)c2)n1)n1ccnc1. The summed E-state index contributed by atoms with van der Waals surface area (Å²) in [5.41, 5.74) is 1.54. The number of hydrogen-bond acceptors (Lipinski definition) is 5. The van der Waals surface area contributed by atoms with Crippen LogP contribution in [-0.4, -0.2) is 27.2 Å². The van der Waals surface area contributed by atoms with Gasteiger partial charge in [0.15, 0.2) is 11.4 Å². The van der Waals surface area contributed by atoms with Crippen LogP contribution in [0, 0.1) is 0 Å². The van der Waals surface area contributed by atoms with Crippen molar-refractivity contribution in [2.24, 2.45) is 0 Å². The summed E-state index contributed by atoms with van der Waals surface area (Å²) in [5.74, 6) is 0. The topological polar surface area (TPSA) is 81.1 Å². The molecular formula is C17H17Cl2N5O2S. The number of ether oxygens (including phenoxy) is 1. The first kappa shape index (κ1) is 19.6. The summed E-state index contributed by atoms with van der Waals surface area (Å²) in [6, 6.07) is 4.84. The first-order valence-corrected chi connectivity index (χ1v) is 9.73. The van der Waals surface area contributed by atoms with Gasteiger partial charge in [-0.1, -0.05) is 29.3 Å². The quantitative estimate of drug-likeness (QED) is 0.581. The lowest BCUT2D eigenvalue weighted by Gasteiger charge is -2.15. The molecule has 10 heteroatoms. The van der Waals surface area contributed by atoms with Crippen LogP contribution in [0.1, 0.15) is 24.4 Å². The van der Waals surface area contributed by atoms with Gasteiger partial charge in [0.2, 0.25) is 0 Å². The minimum atomic E-state index is -0.386. The summed E-state index contributed by atoms with van der Waals surface area (Å²) in [6.07, 6.45) is 4.75. The Morgan fingerprint density at radius 3 is 2.93 bits per heavy atom. The minimum Gasteiger partial charge on any atom is -0.352 e. The molecular weight excluding hydrogens is 409 g/mol. The van der Waals surface area contributed by atoms with Gasteiger partial charge in [-0.05, 0) is 24.6 Å². The average Bonchev–Trinajstić information content (AvgIpc) is 3.33. The summed E-state index contributed by atoms with van der Waals surface area (Å²) >= 11 is 13.2. The van der Waals surface area contributed by atoms with Gasteiger partial charge in [-0.15, -0.1) is 11.3 Å². The van der Waals surface area contributed by atoms with Gasteiger partial charge in [0, 0.05) is 30.9 Å². The predicted octanol–water partition coefficient (Wildman–Crippen LogP) is 4.55. The Hall–Kier alpha value is -2.13. The van der Waals surface area contributed by atoms with Crippen LogP contribution in [0.25, 0.3) is 0 Å². The van der Waals surface area contributed by atoms with Gasteiger partial charge in [-0.2, -0.15) is 0 Å². The van der Waals surface area contributed by atoms with E-state index in [1.54, 1.807) is 36.9 Å². The summed E-state index contributed by atoms with van der Waals surface area (Å²) in [7, 11) is 0. The first-order valence-electron chi connectivity index (χ1n) is 8.10. The molecule has 0 fully saturated rings. The number of benzene rings is 1. The van der Waals surface area contributed by atoms with Crippen LogP contribution in [0.5, 0.6) is 0 Å². The lowest BCUT2D eigenvalue weighted by molar-refractivity contribution is 0.0384. The molecule has 1 aromatic carbocycles. The third-order valence-electron chi connectivity index (χ3n) is 3.55. The number of thiazole rings is 1. The van der Waals surface area contributed by atoms with E-state index in [2.05, 4.69) is 20.6 Å². The van der Waals surface area contributed by atoms with Crippen molar-refractivity contribution in [1.29, 1.82) is 0 Å². The smallest absolute Gasteiger partial charge is 0.321 e. The second-order valence-corrected chi connectivity index (χ2v) is 7.12. The molecule has 1 atom stereocenters. The highest BCUT2D eigenvalue weighted by molar-refractivity contribution is 7.13. The molecule has 2 heterocycles. The maximum Gasteiger partial charge on any atom is 0.321 e. The summed E-state index contributed by atoms with van der Waals surface area (Å²) in [6.45, 7) is 2.75. The molecule has 0 spiro atoms. The molecule has 0 saturated heterocycles. The average molecular weight is 426 g/mol. The zero-order valence-electron chi connectivity index (χ0n) is 14.4. The molecule has 142 valence electrons. The van der Waals surface area contributed by atoms with Crippen molar-refractivity contribution in [3.63, 3.8) is 0 Å².